The SMILES string of the molecule is N#Cn1nncc1C1=NNC2C3CCCCC3n3cncc3N12. The molecule has 5 rings (SSSR count). The minimum Gasteiger partial charge on any atom is -0.314 e. The fourth-order valence-electron chi connectivity index (χ4n) is 4.14. The summed E-state index contributed by atoms with van der Waals surface area (Å²) >= 11 is 0. The van der Waals surface area contributed by atoms with Crippen molar-refractivity contribution in [2.75, 3.05) is 4.90 Å². The lowest BCUT2D eigenvalue weighted by Crippen LogP contribution is -2.53. The molecule has 1 saturated carbocycles. The number of anilines is 1. The van der Waals surface area contributed by atoms with Gasteiger partial charge in [-0.2, -0.15) is 10.4 Å². The van der Waals surface area contributed by atoms with Crippen LogP contribution in [0, 0.1) is 17.4 Å². The number of nitrogens with zero attached hydrogens (tertiary/aromatic N) is 8. The van der Waals surface area contributed by atoms with Crippen LogP contribution in [-0.2, 0) is 0 Å². The maximum absolute atomic E-state index is 9.21. The third-order valence-electron chi connectivity index (χ3n) is 5.12. The van der Waals surface area contributed by atoms with Crippen molar-refractivity contribution in [1.82, 2.24) is 30.0 Å². The molecule has 0 amide bonds. The van der Waals surface area contributed by atoms with Gasteiger partial charge >= 0.3 is 0 Å². The molecule has 23 heavy (non-hydrogen) atoms. The number of aromatic nitrogens is 5. The summed E-state index contributed by atoms with van der Waals surface area (Å²) in [5.74, 6) is 2.15. The first-order chi connectivity index (χ1) is 11.4. The van der Waals surface area contributed by atoms with Crippen LogP contribution in [0.1, 0.15) is 37.4 Å². The van der Waals surface area contributed by atoms with Crippen LogP contribution in [0.2, 0.25) is 0 Å². The number of rotatable bonds is 1. The highest BCUT2D eigenvalue weighted by atomic mass is 15.6. The van der Waals surface area contributed by atoms with Crippen LogP contribution >= 0.6 is 0 Å². The highest BCUT2D eigenvalue weighted by molar-refractivity contribution is 6.10. The number of imidazole rings is 1. The molecule has 1 fully saturated rings. The smallest absolute Gasteiger partial charge is 0.208 e. The first-order valence-electron chi connectivity index (χ1n) is 7.84. The summed E-state index contributed by atoms with van der Waals surface area (Å²) in [6, 6.07) is 0.462. The van der Waals surface area contributed by atoms with Gasteiger partial charge in [0.25, 0.3) is 0 Å². The van der Waals surface area contributed by atoms with E-state index in [1.54, 1.807) is 6.20 Å². The molecule has 0 spiro atoms. The Labute approximate surface area is 132 Å². The fourth-order valence-corrected chi connectivity index (χ4v) is 4.14. The van der Waals surface area contributed by atoms with E-state index >= 15 is 0 Å². The Morgan fingerprint density at radius 2 is 2.17 bits per heavy atom. The van der Waals surface area contributed by atoms with E-state index in [0.717, 1.165) is 12.2 Å². The van der Waals surface area contributed by atoms with Gasteiger partial charge in [-0.25, -0.2) is 4.98 Å². The van der Waals surface area contributed by atoms with Gasteiger partial charge in [0.15, 0.2) is 5.84 Å². The second kappa shape index (κ2) is 4.55. The van der Waals surface area contributed by atoms with Crippen molar-refractivity contribution in [3.63, 3.8) is 0 Å². The quantitative estimate of drug-likeness (QED) is 0.830. The van der Waals surface area contributed by atoms with Crippen LogP contribution in [0.15, 0.2) is 23.8 Å². The average molecular weight is 309 g/mol. The van der Waals surface area contributed by atoms with Gasteiger partial charge in [-0.3, -0.25) is 10.3 Å². The van der Waals surface area contributed by atoms with E-state index in [1.165, 1.54) is 23.9 Å². The molecule has 0 bridgehead atoms. The monoisotopic (exact) mass is 309 g/mol. The van der Waals surface area contributed by atoms with Crippen LogP contribution < -0.4 is 10.3 Å². The summed E-state index contributed by atoms with van der Waals surface area (Å²) < 4.78 is 3.44. The van der Waals surface area contributed by atoms with E-state index in [4.69, 9.17) is 0 Å². The van der Waals surface area contributed by atoms with Crippen molar-refractivity contribution < 1.29 is 0 Å². The van der Waals surface area contributed by atoms with Crippen LogP contribution in [0.25, 0.3) is 0 Å². The van der Waals surface area contributed by atoms with E-state index < -0.39 is 0 Å². The fraction of sp³-hybridized carbons (Fsp3) is 0.500. The lowest BCUT2D eigenvalue weighted by atomic mass is 9.80. The summed E-state index contributed by atoms with van der Waals surface area (Å²) in [5.41, 5.74) is 3.86. The molecule has 2 aliphatic heterocycles. The number of hydrogen-bond donors (Lipinski definition) is 1. The molecule has 1 aliphatic carbocycles. The molecule has 2 aromatic heterocycles. The van der Waals surface area contributed by atoms with E-state index in [0.29, 0.717) is 23.5 Å². The molecule has 0 aromatic carbocycles. The van der Waals surface area contributed by atoms with Crippen molar-refractivity contribution in [3.8, 4) is 6.19 Å². The summed E-state index contributed by atoms with van der Waals surface area (Å²) in [6.45, 7) is 0. The molecule has 3 unspecified atom stereocenters. The minimum atomic E-state index is 0.0987. The highest BCUT2D eigenvalue weighted by Crippen LogP contribution is 2.45. The maximum Gasteiger partial charge on any atom is 0.208 e. The summed E-state index contributed by atoms with van der Waals surface area (Å²) in [7, 11) is 0. The van der Waals surface area contributed by atoms with Crippen molar-refractivity contribution in [2.24, 2.45) is 11.0 Å². The second-order valence-electron chi connectivity index (χ2n) is 6.19. The molecule has 3 aliphatic rings. The van der Waals surface area contributed by atoms with Crippen molar-refractivity contribution in [1.29, 1.82) is 5.26 Å². The average Bonchev–Trinajstić information content (AvgIpc) is 3.31. The molecular weight excluding hydrogens is 294 g/mol. The van der Waals surface area contributed by atoms with E-state index in [1.807, 2.05) is 18.7 Å². The van der Waals surface area contributed by atoms with Crippen molar-refractivity contribution in [2.45, 2.75) is 37.9 Å². The molecule has 1 N–H and O–H groups in total. The Kier molecular flexibility index (Phi) is 2.50. The first kappa shape index (κ1) is 12.6. The third-order valence-corrected chi connectivity index (χ3v) is 5.12. The normalized spacial score (nSPS) is 28.2. The van der Waals surface area contributed by atoms with Gasteiger partial charge < -0.3 is 4.57 Å². The van der Waals surface area contributed by atoms with E-state index in [2.05, 4.69) is 35.3 Å². The molecule has 4 heterocycles. The number of hydrogen-bond acceptors (Lipinski definition) is 7. The zero-order chi connectivity index (χ0) is 15.4. The molecular formula is C14H15N9. The molecule has 0 saturated heterocycles. The van der Waals surface area contributed by atoms with Crippen LogP contribution in [0.4, 0.5) is 5.82 Å². The molecule has 3 atom stereocenters. The Morgan fingerprint density at radius 1 is 1.26 bits per heavy atom. The maximum atomic E-state index is 9.21. The molecule has 0 radical (unpaired) electrons. The Morgan fingerprint density at radius 3 is 3.09 bits per heavy atom. The Hall–Kier alpha value is -2.89. The van der Waals surface area contributed by atoms with Crippen LogP contribution in [-0.4, -0.2) is 36.5 Å². The largest absolute Gasteiger partial charge is 0.314 e. The highest BCUT2D eigenvalue weighted by Gasteiger charge is 2.47. The number of hydrazone groups is 1. The summed E-state index contributed by atoms with van der Waals surface area (Å²) in [6.07, 6.45) is 12.3. The molecule has 9 nitrogen and oxygen atoms in total. The summed E-state index contributed by atoms with van der Waals surface area (Å²) in [5, 5.41) is 21.3. The van der Waals surface area contributed by atoms with Crippen LogP contribution in [0.5, 0.6) is 0 Å². The standard InChI is InChI=1S/C14H15N9/c15-7-22-11(5-17-20-22)14-19-18-13-9-3-1-2-4-10(9)21-8-16-6-12(21)23(13)14/h5-6,8-10,13,18H,1-4H2. The lowest BCUT2D eigenvalue weighted by Gasteiger charge is -2.45. The lowest BCUT2D eigenvalue weighted by molar-refractivity contribution is 0.176. The second-order valence-corrected chi connectivity index (χ2v) is 6.19. The predicted molar refractivity (Wildman–Crippen MR) is 80.2 cm³/mol. The van der Waals surface area contributed by atoms with Gasteiger partial charge in [0.2, 0.25) is 6.19 Å². The predicted octanol–water partition coefficient (Wildman–Crippen LogP) is 0.646. The number of nitrogens with one attached hydrogen (secondary N) is 1. The third kappa shape index (κ3) is 1.60. The molecule has 2 aromatic rings. The van der Waals surface area contributed by atoms with Crippen molar-refractivity contribution >= 4 is 11.7 Å². The van der Waals surface area contributed by atoms with Gasteiger partial charge in [-0.15, -0.1) is 9.78 Å². The topological polar surface area (TPSA) is 99.9 Å². The van der Waals surface area contributed by atoms with Gasteiger partial charge in [0.1, 0.15) is 17.7 Å². The van der Waals surface area contributed by atoms with Crippen molar-refractivity contribution in [3.05, 3.63) is 24.4 Å². The number of fused-ring (bicyclic) bond motifs is 6. The van der Waals surface area contributed by atoms with E-state index in [-0.39, 0.29) is 6.17 Å². The van der Waals surface area contributed by atoms with Crippen LogP contribution in [0.3, 0.4) is 0 Å². The van der Waals surface area contributed by atoms with E-state index in [9.17, 15) is 5.26 Å². The Bertz CT molecular complexity index is 825. The van der Waals surface area contributed by atoms with Gasteiger partial charge in [-0.1, -0.05) is 18.1 Å². The van der Waals surface area contributed by atoms with Gasteiger partial charge in [0.05, 0.1) is 18.7 Å². The number of nitriles is 1. The molecule has 9 heteroatoms. The number of amidine groups is 1. The minimum absolute atomic E-state index is 0.0987. The zero-order valence-corrected chi connectivity index (χ0v) is 12.4. The summed E-state index contributed by atoms with van der Waals surface area (Å²) in [4.78, 5) is 6.48. The zero-order valence-electron chi connectivity index (χ0n) is 12.4. The first-order valence-corrected chi connectivity index (χ1v) is 7.84. The Balaban J connectivity index is 1.63. The molecule has 116 valence electrons. The van der Waals surface area contributed by atoms with Gasteiger partial charge in [0, 0.05) is 12.0 Å². The van der Waals surface area contributed by atoms with Gasteiger partial charge in [-0.05, 0) is 12.8 Å².